The van der Waals surface area contributed by atoms with E-state index in [0.717, 1.165) is 23.3 Å². The van der Waals surface area contributed by atoms with Gasteiger partial charge in [-0.3, -0.25) is 0 Å². The van der Waals surface area contributed by atoms with Crippen molar-refractivity contribution in [3.8, 4) is 0 Å². The van der Waals surface area contributed by atoms with E-state index in [0.29, 0.717) is 16.7 Å². The molecule has 6 heteroatoms. The fourth-order valence-electron chi connectivity index (χ4n) is 2.24. The molecule has 0 radical (unpaired) electrons. The lowest BCUT2D eigenvalue weighted by Crippen LogP contribution is -2.44. The van der Waals surface area contributed by atoms with E-state index < -0.39 is 10.0 Å². The van der Waals surface area contributed by atoms with Gasteiger partial charge in [0.25, 0.3) is 10.0 Å². The topological polar surface area (TPSA) is 58.2 Å². The Balaban J connectivity index is 2.21. The minimum Gasteiger partial charge on any atom is -0.315 e. The van der Waals surface area contributed by atoms with Crippen molar-refractivity contribution >= 4 is 21.4 Å². The van der Waals surface area contributed by atoms with Gasteiger partial charge in [0.1, 0.15) is 4.21 Å². The predicted molar refractivity (Wildman–Crippen MR) is 78.9 cm³/mol. The van der Waals surface area contributed by atoms with Crippen molar-refractivity contribution in [1.82, 2.24) is 10.0 Å². The van der Waals surface area contributed by atoms with Gasteiger partial charge >= 0.3 is 0 Å². The van der Waals surface area contributed by atoms with Crippen LogP contribution >= 0.6 is 11.3 Å². The SMILES string of the molecule is CNCc1sc(S(=O)(=O)NC(C)(C)C2CC2)cc1C. The molecule has 0 aromatic carbocycles. The van der Waals surface area contributed by atoms with Crippen molar-refractivity contribution in [3.05, 3.63) is 16.5 Å². The van der Waals surface area contributed by atoms with E-state index >= 15 is 0 Å². The number of thiophene rings is 1. The first-order valence-corrected chi connectivity index (χ1v) is 8.84. The summed E-state index contributed by atoms with van der Waals surface area (Å²) < 4.78 is 28.1. The van der Waals surface area contributed by atoms with Crippen molar-refractivity contribution in [2.24, 2.45) is 5.92 Å². The van der Waals surface area contributed by atoms with Gasteiger partial charge in [-0.1, -0.05) is 0 Å². The maximum absolute atomic E-state index is 12.4. The summed E-state index contributed by atoms with van der Waals surface area (Å²) in [6.45, 7) is 6.60. The number of hydrogen-bond donors (Lipinski definition) is 2. The van der Waals surface area contributed by atoms with E-state index in [1.165, 1.54) is 11.3 Å². The number of rotatable bonds is 6. The minimum absolute atomic E-state index is 0.347. The summed E-state index contributed by atoms with van der Waals surface area (Å²) in [5.74, 6) is 0.472. The fourth-order valence-corrected chi connectivity index (χ4v) is 5.31. The van der Waals surface area contributed by atoms with E-state index in [1.54, 1.807) is 6.07 Å². The Morgan fingerprint density at radius 2 is 2.05 bits per heavy atom. The highest BCUT2D eigenvalue weighted by Crippen LogP contribution is 2.40. The van der Waals surface area contributed by atoms with E-state index in [2.05, 4.69) is 10.0 Å². The maximum Gasteiger partial charge on any atom is 0.250 e. The summed E-state index contributed by atoms with van der Waals surface area (Å²) in [6, 6.07) is 1.77. The Kier molecular flexibility index (Phi) is 4.07. The summed E-state index contributed by atoms with van der Waals surface area (Å²) >= 11 is 1.35. The van der Waals surface area contributed by atoms with Crippen LogP contribution in [-0.4, -0.2) is 21.0 Å². The Hall–Kier alpha value is -0.430. The zero-order valence-corrected chi connectivity index (χ0v) is 13.5. The molecule has 0 atom stereocenters. The average Bonchev–Trinajstić information content (AvgIpc) is 3.05. The first-order chi connectivity index (χ1) is 8.76. The third-order valence-electron chi connectivity index (χ3n) is 3.60. The number of aryl methyl sites for hydroxylation is 1. The quantitative estimate of drug-likeness (QED) is 0.847. The first kappa shape index (κ1) is 15.0. The molecule has 4 nitrogen and oxygen atoms in total. The summed E-state index contributed by atoms with van der Waals surface area (Å²) in [5.41, 5.74) is 0.684. The van der Waals surface area contributed by atoms with E-state index in [4.69, 9.17) is 0 Å². The van der Waals surface area contributed by atoms with Crippen LogP contribution in [-0.2, 0) is 16.6 Å². The molecule has 0 amide bonds. The van der Waals surface area contributed by atoms with Gasteiger partial charge < -0.3 is 5.32 Å². The third-order valence-corrected chi connectivity index (χ3v) is 6.98. The average molecular weight is 302 g/mol. The second kappa shape index (κ2) is 5.16. The molecule has 0 saturated heterocycles. The van der Waals surface area contributed by atoms with Crippen LogP contribution in [0.2, 0.25) is 0 Å². The smallest absolute Gasteiger partial charge is 0.250 e. The Morgan fingerprint density at radius 3 is 2.58 bits per heavy atom. The molecule has 0 bridgehead atoms. The predicted octanol–water partition coefficient (Wildman–Crippen LogP) is 2.24. The summed E-state index contributed by atoms with van der Waals surface area (Å²) in [7, 11) is -1.54. The van der Waals surface area contributed by atoms with Crippen molar-refractivity contribution in [1.29, 1.82) is 0 Å². The fraction of sp³-hybridized carbons (Fsp3) is 0.692. The highest BCUT2D eigenvalue weighted by Gasteiger charge is 2.41. The largest absolute Gasteiger partial charge is 0.315 e. The normalized spacial score (nSPS) is 16.8. The van der Waals surface area contributed by atoms with Crippen LogP contribution in [0.25, 0.3) is 0 Å². The van der Waals surface area contributed by atoms with Crippen LogP contribution in [0.1, 0.15) is 37.1 Å². The Bertz CT molecular complexity index is 557. The monoisotopic (exact) mass is 302 g/mol. The zero-order chi connectivity index (χ0) is 14.3. The van der Waals surface area contributed by atoms with Crippen molar-refractivity contribution in [2.45, 2.75) is 49.9 Å². The van der Waals surface area contributed by atoms with Gasteiger partial charge in [-0.05, 0) is 58.2 Å². The summed E-state index contributed by atoms with van der Waals surface area (Å²) in [5, 5.41) is 3.06. The van der Waals surface area contributed by atoms with Gasteiger partial charge in [-0.15, -0.1) is 11.3 Å². The molecule has 1 aromatic rings. The number of sulfonamides is 1. The molecule has 0 aliphatic heterocycles. The van der Waals surface area contributed by atoms with Gasteiger partial charge in [0.05, 0.1) is 0 Å². The molecule has 0 spiro atoms. The molecule has 2 N–H and O–H groups in total. The van der Waals surface area contributed by atoms with Gasteiger partial charge in [-0.25, -0.2) is 13.1 Å². The second-order valence-corrected chi connectivity index (χ2v) is 8.85. The molecule has 108 valence electrons. The summed E-state index contributed by atoms with van der Waals surface area (Å²) in [6.07, 6.45) is 2.23. The Labute approximate surface area is 119 Å². The van der Waals surface area contributed by atoms with Crippen LogP contribution in [0, 0.1) is 12.8 Å². The van der Waals surface area contributed by atoms with Gasteiger partial charge in [0.2, 0.25) is 0 Å². The standard InChI is InChI=1S/C13H22N2O2S2/c1-9-7-12(18-11(9)8-14-4)19(16,17)15-13(2,3)10-5-6-10/h7,10,14-15H,5-6,8H2,1-4H3. The molecular formula is C13H22N2O2S2. The highest BCUT2D eigenvalue weighted by atomic mass is 32.2. The van der Waals surface area contributed by atoms with Crippen LogP contribution in [0.4, 0.5) is 0 Å². The molecule has 2 rings (SSSR count). The number of nitrogens with one attached hydrogen (secondary N) is 2. The van der Waals surface area contributed by atoms with E-state index in [9.17, 15) is 8.42 Å². The maximum atomic E-state index is 12.4. The summed E-state index contributed by atoms with van der Waals surface area (Å²) in [4.78, 5) is 1.08. The minimum atomic E-state index is -3.40. The number of hydrogen-bond acceptors (Lipinski definition) is 4. The molecular weight excluding hydrogens is 280 g/mol. The van der Waals surface area contributed by atoms with Gasteiger partial charge in [-0.2, -0.15) is 0 Å². The van der Waals surface area contributed by atoms with Crippen molar-refractivity contribution in [2.75, 3.05) is 7.05 Å². The Morgan fingerprint density at radius 1 is 1.42 bits per heavy atom. The van der Waals surface area contributed by atoms with Crippen LogP contribution in [0.15, 0.2) is 10.3 Å². The van der Waals surface area contributed by atoms with Crippen LogP contribution < -0.4 is 10.0 Å². The molecule has 0 unspecified atom stereocenters. The molecule has 19 heavy (non-hydrogen) atoms. The molecule has 1 saturated carbocycles. The highest BCUT2D eigenvalue weighted by molar-refractivity contribution is 7.91. The molecule has 1 heterocycles. The lowest BCUT2D eigenvalue weighted by atomic mass is 10.0. The molecule has 1 aliphatic rings. The first-order valence-electron chi connectivity index (χ1n) is 6.54. The van der Waals surface area contributed by atoms with Crippen molar-refractivity contribution in [3.63, 3.8) is 0 Å². The molecule has 1 fully saturated rings. The third kappa shape index (κ3) is 3.37. The van der Waals surface area contributed by atoms with Gasteiger partial charge in [0.15, 0.2) is 0 Å². The second-order valence-electron chi connectivity index (χ2n) is 5.80. The lowest BCUT2D eigenvalue weighted by Gasteiger charge is -2.25. The van der Waals surface area contributed by atoms with Gasteiger partial charge in [0, 0.05) is 17.0 Å². The zero-order valence-electron chi connectivity index (χ0n) is 11.9. The van der Waals surface area contributed by atoms with Crippen LogP contribution in [0.3, 0.4) is 0 Å². The van der Waals surface area contributed by atoms with Crippen LogP contribution in [0.5, 0.6) is 0 Å². The molecule has 1 aromatic heterocycles. The van der Waals surface area contributed by atoms with E-state index in [1.807, 2.05) is 27.8 Å². The molecule has 1 aliphatic carbocycles. The van der Waals surface area contributed by atoms with E-state index in [-0.39, 0.29) is 5.54 Å². The lowest BCUT2D eigenvalue weighted by molar-refractivity contribution is 0.401. The van der Waals surface area contributed by atoms with Crippen molar-refractivity contribution < 1.29 is 8.42 Å².